The molecular formula is C21H25N3O2. The summed E-state index contributed by atoms with van der Waals surface area (Å²) in [6.45, 7) is 1.63. The SMILES string of the molecule is COc1ccc2nc(C3CC3)cc(C(=O)N3CC4CCC(N)C4C3)c2c1. The minimum atomic E-state index is 0.120. The van der Waals surface area contributed by atoms with Crippen LogP contribution in [0, 0.1) is 11.8 Å². The Bertz CT molecular complexity index is 877. The van der Waals surface area contributed by atoms with E-state index in [-0.39, 0.29) is 11.9 Å². The van der Waals surface area contributed by atoms with Gasteiger partial charge in [0.05, 0.1) is 18.2 Å². The van der Waals surface area contributed by atoms with Crippen molar-refractivity contribution in [2.75, 3.05) is 20.2 Å². The van der Waals surface area contributed by atoms with E-state index in [1.807, 2.05) is 29.2 Å². The first-order valence-corrected chi connectivity index (χ1v) is 9.67. The van der Waals surface area contributed by atoms with Crippen LogP contribution in [-0.4, -0.2) is 42.0 Å². The quantitative estimate of drug-likeness (QED) is 0.923. The second kappa shape index (κ2) is 5.95. The van der Waals surface area contributed by atoms with E-state index in [0.29, 0.717) is 17.8 Å². The average Bonchev–Trinajstić information content (AvgIpc) is 3.34. The Kier molecular flexibility index (Phi) is 3.67. The first kappa shape index (κ1) is 16.1. The summed E-state index contributed by atoms with van der Waals surface area (Å²) in [6.07, 6.45) is 4.59. The normalized spacial score (nSPS) is 27.8. The van der Waals surface area contributed by atoms with E-state index in [2.05, 4.69) is 0 Å². The molecule has 0 radical (unpaired) electrons. The number of pyridine rings is 1. The van der Waals surface area contributed by atoms with Crippen molar-refractivity contribution in [3.63, 3.8) is 0 Å². The summed E-state index contributed by atoms with van der Waals surface area (Å²) in [4.78, 5) is 20.2. The Hall–Kier alpha value is -2.14. The molecule has 2 saturated carbocycles. The molecule has 1 aromatic carbocycles. The first-order chi connectivity index (χ1) is 12.6. The predicted octanol–water partition coefficient (Wildman–Crippen LogP) is 2.93. The molecule has 1 aromatic heterocycles. The fourth-order valence-corrected chi connectivity index (χ4v) is 4.76. The Balaban J connectivity index is 1.55. The lowest BCUT2D eigenvalue weighted by molar-refractivity contribution is 0.0781. The predicted molar refractivity (Wildman–Crippen MR) is 100 cm³/mol. The highest BCUT2D eigenvalue weighted by Gasteiger charge is 2.43. The highest BCUT2D eigenvalue weighted by Crippen LogP contribution is 2.42. The number of methoxy groups -OCH3 is 1. The van der Waals surface area contributed by atoms with Crippen LogP contribution < -0.4 is 10.5 Å². The molecular weight excluding hydrogens is 326 g/mol. The smallest absolute Gasteiger partial charge is 0.254 e. The molecule has 3 unspecified atom stereocenters. The van der Waals surface area contributed by atoms with E-state index in [1.165, 1.54) is 12.8 Å². The first-order valence-electron chi connectivity index (χ1n) is 9.67. The molecule has 2 aliphatic carbocycles. The van der Waals surface area contributed by atoms with Crippen LogP contribution in [0.2, 0.25) is 0 Å². The van der Waals surface area contributed by atoms with E-state index < -0.39 is 0 Å². The van der Waals surface area contributed by atoms with Crippen LogP contribution in [0.15, 0.2) is 24.3 Å². The number of fused-ring (bicyclic) bond motifs is 2. The number of nitrogens with zero attached hydrogens (tertiary/aromatic N) is 2. The minimum absolute atomic E-state index is 0.120. The van der Waals surface area contributed by atoms with E-state index >= 15 is 0 Å². The van der Waals surface area contributed by atoms with Crippen molar-refractivity contribution in [2.45, 2.75) is 37.6 Å². The molecule has 1 aliphatic heterocycles. The minimum Gasteiger partial charge on any atom is -0.497 e. The summed E-state index contributed by atoms with van der Waals surface area (Å²) in [6, 6.07) is 8.09. The van der Waals surface area contributed by atoms with Gasteiger partial charge in [0.1, 0.15) is 5.75 Å². The van der Waals surface area contributed by atoms with Gasteiger partial charge in [-0.25, -0.2) is 0 Å². The van der Waals surface area contributed by atoms with E-state index in [1.54, 1.807) is 7.11 Å². The van der Waals surface area contributed by atoms with Crippen LogP contribution in [-0.2, 0) is 0 Å². The molecule has 136 valence electrons. The van der Waals surface area contributed by atoms with Gasteiger partial charge in [0.15, 0.2) is 0 Å². The zero-order valence-corrected chi connectivity index (χ0v) is 15.1. The van der Waals surface area contributed by atoms with Gasteiger partial charge in [0, 0.05) is 36.1 Å². The van der Waals surface area contributed by atoms with Crippen molar-refractivity contribution < 1.29 is 9.53 Å². The number of rotatable bonds is 3. The Morgan fingerprint density at radius 2 is 2.04 bits per heavy atom. The summed E-state index contributed by atoms with van der Waals surface area (Å²) in [7, 11) is 1.65. The van der Waals surface area contributed by atoms with Gasteiger partial charge >= 0.3 is 0 Å². The van der Waals surface area contributed by atoms with Gasteiger partial charge in [0.2, 0.25) is 0 Å². The van der Waals surface area contributed by atoms with Crippen LogP contribution >= 0.6 is 0 Å². The molecule has 3 fully saturated rings. The second-order valence-electron chi connectivity index (χ2n) is 8.13. The fraction of sp³-hybridized carbons (Fsp3) is 0.524. The lowest BCUT2D eigenvalue weighted by atomic mass is 9.98. The molecule has 1 saturated heterocycles. The summed E-state index contributed by atoms with van der Waals surface area (Å²) in [5.74, 6) is 2.42. The third-order valence-corrected chi connectivity index (χ3v) is 6.46. The molecule has 1 amide bonds. The molecule has 2 heterocycles. The van der Waals surface area contributed by atoms with Crippen LogP contribution in [0.1, 0.15) is 47.7 Å². The number of amides is 1. The lowest BCUT2D eigenvalue weighted by Crippen LogP contribution is -2.33. The molecule has 26 heavy (non-hydrogen) atoms. The molecule has 0 bridgehead atoms. The number of likely N-dealkylation sites (tertiary alicyclic amines) is 1. The Morgan fingerprint density at radius 3 is 2.77 bits per heavy atom. The van der Waals surface area contributed by atoms with Gasteiger partial charge in [-0.15, -0.1) is 0 Å². The van der Waals surface area contributed by atoms with Gasteiger partial charge < -0.3 is 15.4 Å². The Morgan fingerprint density at radius 1 is 1.19 bits per heavy atom. The van der Waals surface area contributed by atoms with E-state index in [4.69, 9.17) is 15.5 Å². The summed E-state index contributed by atoms with van der Waals surface area (Å²) < 4.78 is 5.38. The number of hydrogen-bond donors (Lipinski definition) is 1. The summed E-state index contributed by atoms with van der Waals surface area (Å²) >= 11 is 0. The van der Waals surface area contributed by atoms with Crippen LogP contribution in [0.25, 0.3) is 10.9 Å². The van der Waals surface area contributed by atoms with Crippen molar-refractivity contribution in [2.24, 2.45) is 17.6 Å². The maximum Gasteiger partial charge on any atom is 0.254 e. The van der Waals surface area contributed by atoms with Crippen molar-refractivity contribution in [1.29, 1.82) is 0 Å². The molecule has 3 atom stereocenters. The molecule has 0 spiro atoms. The number of nitrogens with two attached hydrogens (primary N) is 1. The number of benzene rings is 1. The van der Waals surface area contributed by atoms with Crippen molar-refractivity contribution in [3.05, 3.63) is 35.5 Å². The zero-order valence-electron chi connectivity index (χ0n) is 15.1. The van der Waals surface area contributed by atoms with Crippen LogP contribution in [0.4, 0.5) is 0 Å². The molecule has 5 nitrogen and oxygen atoms in total. The summed E-state index contributed by atoms with van der Waals surface area (Å²) in [5, 5.41) is 0.889. The van der Waals surface area contributed by atoms with Gasteiger partial charge in [-0.3, -0.25) is 9.78 Å². The van der Waals surface area contributed by atoms with Gasteiger partial charge in [-0.2, -0.15) is 0 Å². The third-order valence-electron chi connectivity index (χ3n) is 6.46. The standard InChI is InChI=1S/C21H25N3O2/c1-26-14-5-7-19-15(8-14)16(9-20(23-19)12-2-3-12)21(25)24-10-13-4-6-18(22)17(13)11-24/h5,7-9,12-13,17-18H,2-4,6,10-11,22H2,1H3. The second-order valence-corrected chi connectivity index (χ2v) is 8.13. The highest BCUT2D eigenvalue weighted by molar-refractivity contribution is 6.06. The largest absolute Gasteiger partial charge is 0.497 e. The number of carbonyl (C=O) groups is 1. The molecule has 2 aromatic rings. The maximum atomic E-state index is 13.4. The van der Waals surface area contributed by atoms with Crippen molar-refractivity contribution in [1.82, 2.24) is 9.88 Å². The van der Waals surface area contributed by atoms with Crippen LogP contribution in [0.5, 0.6) is 5.75 Å². The maximum absolute atomic E-state index is 13.4. The van der Waals surface area contributed by atoms with E-state index in [0.717, 1.165) is 53.8 Å². The lowest BCUT2D eigenvalue weighted by Gasteiger charge is -2.20. The van der Waals surface area contributed by atoms with Gasteiger partial charge in [0.25, 0.3) is 5.91 Å². The monoisotopic (exact) mass is 351 g/mol. The third kappa shape index (κ3) is 2.57. The number of ether oxygens (including phenoxy) is 1. The van der Waals surface area contributed by atoms with Crippen molar-refractivity contribution in [3.8, 4) is 5.75 Å². The number of aromatic nitrogens is 1. The van der Waals surface area contributed by atoms with E-state index in [9.17, 15) is 4.79 Å². The fourth-order valence-electron chi connectivity index (χ4n) is 4.76. The highest BCUT2D eigenvalue weighted by atomic mass is 16.5. The molecule has 3 aliphatic rings. The molecule has 5 rings (SSSR count). The van der Waals surface area contributed by atoms with Gasteiger partial charge in [-0.05, 0) is 61.8 Å². The summed E-state index contributed by atoms with van der Waals surface area (Å²) in [5.41, 5.74) is 8.97. The Labute approximate surface area is 153 Å². The molecule has 5 heteroatoms. The van der Waals surface area contributed by atoms with Crippen molar-refractivity contribution >= 4 is 16.8 Å². The number of hydrogen-bond acceptors (Lipinski definition) is 4. The zero-order chi connectivity index (χ0) is 17.8. The van der Waals surface area contributed by atoms with Gasteiger partial charge in [-0.1, -0.05) is 0 Å². The molecule has 2 N–H and O–H groups in total. The van der Waals surface area contributed by atoms with Crippen LogP contribution in [0.3, 0.4) is 0 Å². The average molecular weight is 351 g/mol. The number of carbonyl (C=O) groups excluding carboxylic acids is 1. The topological polar surface area (TPSA) is 68.5 Å².